The van der Waals surface area contributed by atoms with Crippen LogP contribution in [0, 0.1) is 0 Å². The molecule has 0 saturated heterocycles. The van der Waals surface area contributed by atoms with E-state index >= 15 is 0 Å². The van der Waals surface area contributed by atoms with Crippen molar-refractivity contribution in [2.45, 2.75) is 0 Å². The van der Waals surface area contributed by atoms with Crippen LogP contribution in [0.1, 0.15) is 26.3 Å². The van der Waals surface area contributed by atoms with Crippen LogP contribution in [0.4, 0.5) is 0 Å². The van der Waals surface area contributed by atoms with Crippen LogP contribution in [0.3, 0.4) is 0 Å². The lowest BCUT2D eigenvalue weighted by atomic mass is 10.1. The largest absolute Gasteiger partial charge is 0.497 e. The molecule has 0 aliphatic heterocycles. The molecule has 22 heavy (non-hydrogen) atoms. The van der Waals surface area contributed by atoms with Crippen molar-refractivity contribution in [2.24, 2.45) is 0 Å². The molecule has 0 aliphatic rings. The molecular weight excluding hydrogens is 348 g/mol. The number of carbonyl (C=O) groups is 2. The van der Waals surface area contributed by atoms with E-state index < -0.39 is 5.97 Å². The molecule has 4 nitrogen and oxygen atoms in total. The first-order valence-electron chi connectivity index (χ1n) is 6.40. The van der Waals surface area contributed by atoms with Gasteiger partial charge in [0.25, 0.3) is 0 Å². The van der Waals surface area contributed by atoms with E-state index in [4.69, 9.17) is 9.84 Å². The normalized spacial score (nSPS) is 10.6. The number of aromatic carboxylic acids is 1. The lowest BCUT2D eigenvalue weighted by Crippen LogP contribution is -1.97. The summed E-state index contributed by atoms with van der Waals surface area (Å²) in [6.45, 7) is 0. The van der Waals surface area contributed by atoms with Crippen molar-refractivity contribution in [3.63, 3.8) is 0 Å². The highest BCUT2D eigenvalue weighted by Gasteiger charge is 2.08. The lowest BCUT2D eigenvalue weighted by molar-refractivity contribution is 0.0696. The Morgan fingerprint density at radius 3 is 2.36 bits per heavy atom. The van der Waals surface area contributed by atoms with E-state index in [-0.39, 0.29) is 11.3 Å². The number of ketones is 1. The number of ether oxygens (including phenoxy) is 1. The number of halogens is 1. The molecule has 0 spiro atoms. The van der Waals surface area contributed by atoms with Gasteiger partial charge in [0.2, 0.25) is 0 Å². The molecule has 0 heterocycles. The Kier molecular flexibility index (Phi) is 5.12. The molecule has 2 aromatic carbocycles. The number of carboxylic acids is 1. The maximum Gasteiger partial charge on any atom is 0.335 e. The average Bonchev–Trinajstić information content (AvgIpc) is 2.52. The van der Waals surface area contributed by atoms with Gasteiger partial charge in [-0.2, -0.15) is 0 Å². The summed E-state index contributed by atoms with van der Waals surface area (Å²) in [7, 11) is 1.56. The van der Waals surface area contributed by atoms with Gasteiger partial charge in [-0.15, -0.1) is 0 Å². The molecule has 0 amide bonds. The van der Waals surface area contributed by atoms with Crippen molar-refractivity contribution in [1.82, 2.24) is 0 Å². The summed E-state index contributed by atoms with van der Waals surface area (Å²) in [6.07, 6.45) is 3.09. The summed E-state index contributed by atoms with van der Waals surface area (Å²) >= 11 is 3.34. The minimum absolute atomic E-state index is 0.156. The van der Waals surface area contributed by atoms with Gasteiger partial charge in [0.1, 0.15) is 5.75 Å². The minimum atomic E-state index is -0.978. The number of carboxylic acid groups (broad SMARTS) is 1. The molecule has 2 rings (SSSR count). The Bertz CT molecular complexity index is 733. The summed E-state index contributed by atoms with van der Waals surface area (Å²) in [4.78, 5) is 22.9. The summed E-state index contributed by atoms with van der Waals surface area (Å²) in [5, 5.41) is 8.83. The topological polar surface area (TPSA) is 63.6 Å². The van der Waals surface area contributed by atoms with Gasteiger partial charge in [0.15, 0.2) is 5.78 Å². The molecule has 2 aromatic rings. The van der Waals surface area contributed by atoms with Gasteiger partial charge >= 0.3 is 5.97 Å². The van der Waals surface area contributed by atoms with Crippen LogP contribution >= 0.6 is 15.9 Å². The molecule has 0 saturated carbocycles. The molecular formula is C17H13BrO4. The third-order valence-electron chi connectivity index (χ3n) is 3.03. The second kappa shape index (κ2) is 7.04. The fourth-order valence-electron chi connectivity index (χ4n) is 1.82. The standard InChI is InChI=1S/C17H13BrO4/c1-22-13-7-8-14(15(18)10-13)16(19)9-4-11-2-5-12(6-3-11)17(20)21/h2-10H,1H3,(H,20,21)/b9-4+. The maximum absolute atomic E-state index is 12.2. The first kappa shape index (κ1) is 16.0. The van der Waals surface area contributed by atoms with Gasteiger partial charge in [-0.25, -0.2) is 4.79 Å². The third kappa shape index (κ3) is 3.83. The first-order chi connectivity index (χ1) is 10.5. The van der Waals surface area contributed by atoms with Crippen LogP contribution in [-0.4, -0.2) is 24.0 Å². The van der Waals surface area contributed by atoms with E-state index in [1.54, 1.807) is 43.5 Å². The van der Waals surface area contributed by atoms with Crippen LogP contribution in [0.25, 0.3) is 6.08 Å². The van der Waals surface area contributed by atoms with Crippen molar-refractivity contribution in [2.75, 3.05) is 7.11 Å². The Balaban J connectivity index is 2.15. The zero-order valence-corrected chi connectivity index (χ0v) is 13.3. The summed E-state index contributed by atoms with van der Waals surface area (Å²) in [5.41, 5.74) is 1.49. The third-order valence-corrected chi connectivity index (χ3v) is 3.68. The quantitative estimate of drug-likeness (QED) is 0.645. The number of hydrogen-bond donors (Lipinski definition) is 1. The zero-order chi connectivity index (χ0) is 16.1. The summed E-state index contributed by atoms with van der Waals surface area (Å²) < 4.78 is 5.74. The molecule has 0 unspecified atom stereocenters. The second-order valence-corrected chi connectivity index (χ2v) is 5.32. The van der Waals surface area contributed by atoms with Crippen LogP contribution in [0.15, 0.2) is 53.0 Å². The van der Waals surface area contributed by atoms with E-state index in [9.17, 15) is 9.59 Å². The van der Waals surface area contributed by atoms with Gasteiger partial charge in [-0.3, -0.25) is 4.79 Å². The van der Waals surface area contributed by atoms with Crippen LogP contribution < -0.4 is 4.74 Å². The van der Waals surface area contributed by atoms with E-state index in [2.05, 4.69) is 15.9 Å². The van der Waals surface area contributed by atoms with Crippen molar-refractivity contribution in [3.05, 3.63) is 69.7 Å². The molecule has 0 radical (unpaired) electrons. The molecule has 0 bridgehead atoms. The molecule has 0 atom stereocenters. The lowest BCUT2D eigenvalue weighted by Gasteiger charge is -2.04. The first-order valence-corrected chi connectivity index (χ1v) is 7.20. The number of carbonyl (C=O) groups excluding carboxylic acids is 1. The van der Waals surface area contributed by atoms with Gasteiger partial charge in [0.05, 0.1) is 12.7 Å². The highest BCUT2D eigenvalue weighted by atomic mass is 79.9. The Labute approximate surface area is 136 Å². The Morgan fingerprint density at radius 1 is 1.14 bits per heavy atom. The minimum Gasteiger partial charge on any atom is -0.497 e. The average molecular weight is 361 g/mol. The van der Waals surface area contributed by atoms with E-state index in [0.29, 0.717) is 15.8 Å². The van der Waals surface area contributed by atoms with Gasteiger partial charge in [0, 0.05) is 10.0 Å². The van der Waals surface area contributed by atoms with E-state index in [0.717, 1.165) is 5.56 Å². The number of benzene rings is 2. The van der Waals surface area contributed by atoms with Crippen molar-refractivity contribution >= 4 is 33.8 Å². The number of methoxy groups -OCH3 is 1. The highest BCUT2D eigenvalue weighted by molar-refractivity contribution is 9.10. The molecule has 112 valence electrons. The van der Waals surface area contributed by atoms with E-state index in [1.807, 2.05) is 0 Å². The Hall–Kier alpha value is -2.40. The van der Waals surface area contributed by atoms with Crippen LogP contribution in [0.2, 0.25) is 0 Å². The smallest absolute Gasteiger partial charge is 0.335 e. The number of rotatable bonds is 5. The molecule has 5 heteroatoms. The molecule has 0 fully saturated rings. The highest BCUT2D eigenvalue weighted by Crippen LogP contribution is 2.23. The summed E-state index contributed by atoms with van der Waals surface area (Å²) in [6, 6.07) is 11.4. The molecule has 0 aromatic heterocycles. The van der Waals surface area contributed by atoms with Crippen molar-refractivity contribution in [1.29, 1.82) is 0 Å². The second-order valence-electron chi connectivity index (χ2n) is 4.47. The predicted octanol–water partition coefficient (Wildman–Crippen LogP) is 4.05. The van der Waals surface area contributed by atoms with Gasteiger partial charge in [-0.1, -0.05) is 18.2 Å². The van der Waals surface area contributed by atoms with Gasteiger partial charge < -0.3 is 9.84 Å². The summed E-state index contributed by atoms with van der Waals surface area (Å²) in [5.74, 6) is -0.470. The molecule has 1 N–H and O–H groups in total. The van der Waals surface area contributed by atoms with Crippen molar-refractivity contribution in [3.8, 4) is 5.75 Å². The van der Waals surface area contributed by atoms with Crippen LogP contribution in [0.5, 0.6) is 5.75 Å². The maximum atomic E-state index is 12.2. The fourth-order valence-corrected chi connectivity index (χ4v) is 2.37. The van der Waals surface area contributed by atoms with Gasteiger partial charge in [-0.05, 0) is 57.9 Å². The number of hydrogen-bond acceptors (Lipinski definition) is 3. The fraction of sp³-hybridized carbons (Fsp3) is 0.0588. The molecule has 0 aliphatic carbocycles. The Morgan fingerprint density at radius 2 is 1.82 bits per heavy atom. The SMILES string of the molecule is COc1ccc(C(=O)/C=C/c2ccc(C(=O)O)cc2)c(Br)c1. The monoisotopic (exact) mass is 360 g/mol. The van der Waals surface area contributed by atoms with E-state index in [1.165, 1.54) is 18.2 Å². The predicted molar refractivity (Wildman–Crippen MR) is 87.5 cm³/mol. The van der Waals surface area contributed by atoms with Crippen molar-refractivity contribution < 1.29 is 19.4 Å². The zero-order valence-electron chi connectivity index (χ0n) is 11.7. The van der Waals surface area contributed by atoms with Crippen LogP contribution in [-0.2, 0) is 0 Å². The number of allylic oxidation sites excluding steroid dienone is 1.